The van der Waals surface area contributed by atoms with Crippen molar-refractivity contribution in [3.8, 4) is 33.4 Å². The molecule has 0 aliphatic heterocycles. The van der Waals surface area contributed by atoms with Crippen molar-refractivity contribution in [3.05, 3.63) is 157 Å². The van der Waals surface area contributed by atoms with Gasteiger partial charge in [0.2, 0.25) is 0 Å². The zero-order valence-corrected chi connectivity index (χ0v) is 21.9. The lowest BCUT2D eigenvalue weighted by Crippen LogP contribution is -1.91. The van der Waals surface area contributed by atoms with Gasteiger partial charge in [0.05, 0.1) is 26.0 Å². The molecule has 0 aliphatic carbocycles. The van der Waals surface area contributed by atoms with Crippen LogP contribution in [0.3, 0.4) is 0 Å². The molecule has 200 valence electrons. The third-order valence-corrected chi connectivity index (χ3v) is 7.45. The number of fused-ring (bicyclic) bond motifs is 6. The lowest BCUT2D eigenvalue weighted by Gasteiger charge is -2.18. The maximum atomic E-state index is 9.64. The minimum atomic E-state index is -0.610. The number of hydrogen-bond donors (Lipinski definition) is 0. The third kappa shape index (κ3) is 3.79. The van der Waals surface area contributed by atoms with Gasteiger partial charge in [-0.3, -0.25) is 0 Å². The Balaban J connectivity index is 1.44. The molecule has 0 radical (unpaired) electrons. The molecule has 1 heteroatoms. The van der Waals surface area contributed by atoms with E-state index in [1.165, 1.54) is 42.5 Å². The van der Waals surface area contributed by atoms with Crippen LogP contribution in [0.15, 0.2) is 162 Å². The molecule has 1 aromatic heterocycles. The van der Waals surface area contributed by atoms with E-state index in [1.54, 1.807) is 0 Å². The van der Waals surface area contributed by atoms with Crippen LogP contribution in [0.2, 0.25) is 0 Å². The highest BCUT2D eigenvalue weighted by atomic mass is 16.3. The van der Waals surface area contributed by atoms with E-state index < -0.39 is 78.6 Å². The average molecular weight is 566 g/mol. The number of para-hydroxylation sites is 1. The number of hydrogen-bond acceptors (Lipinski definition) is 1. The van der Waals surface area contributed by atoms with Crippen LogP contribution in [0, 0.1) is 0 Å². The zero-order chi connectivity index (χ0) is 44.9. The van der Waals surface area contributed by atoms with Gasteiger partial charge in [-0.2, -0.15) is 0 Å². The molecule has 8 aromatic carbocycles. The van der Waals surface area contributed by atoms with E-state index in [2.05, 4.69) is 0 Å². The second-order valence-corrected chi connectivity index (χ2v) is 9.82. The SMILES string of the molecule is [2H]c1cc2c(-c3cc([2H])c([2H])c(-c4cc([2H])c5c([2H])c([2H])c([2H])c([2H])c5c4)c3[2H])c3cc([2H])c([2H])cc3c(-c3c([2H])c([2H])c4c(oc5c([2H])c([2H])c([2H])c([2H])c54)c3[2H])c2cc1[2H]. The first-order valence-electron chi connectivity index (χ1n) is 22.7. The topological polar surface area (TPSA) is 13.1 Å². The van der Waals surface area contributed by atoms with Crippen molar-refractivity contribution in [1.29, 1.82) is 0 Å². The fourth-order valence-electron chi connectivity index (χ4n) is 5.56. The van der Waals surface area contributed by atoms with Crippen LogP contribution in [0.5, 0.6) is 0 Å². The molecule has 1 heterocycles. The predicted octanol–water partition coefficient (Wildman–Crippen LogP) is 12.0. The second kappa shape index (κ2) is 9.44. The molecule has 0 unspecified atom stereocenters. The molecule has 9 rings (SSSR count). The Labute approximate surface area is 275 Å². The molecule has 0 fully saturated rings. The first kappa shape index (κ1) is 11.9. The summed E-state index contributed by atoms with van der Waals surface area (Å²) in [7, 11) is 0. The van der Waals surface area contributed by atoms with E-state index in [0.29, 0.717) is 0 Å². The fraction of sp³-hybridized carbons (Fsp3) is 0. The summed E-state index contributed by atoms with van der Waals surface area (Å²) in [6.45, 7) is 0. The molecule has 0 saturated heterocycles. The molecule has 0 saturated carbocycles. The van der Waals surface area contributed by atoms with E-state index in [-0.39, 0.29) is 124 Å². The van der Waals surface area contributed by atoms with Crippen LogP contribution >= 0.6 is 0 Å². The van der Waals surface area contributed by atoms with Crippen LogP contribution in [-0.2, 0) is 0 Å². The summed E-state index contributed by atoms with van der Waals surface area (Å²) in [5, 5.41) is -0.127. The summed E-state index contributed by atoms with van der Waals surface area (Å²) in [6, 6.07) is 0.151. The minimum Gasteiger partial charge on any atom is -0.456 e. The van der Waals surface area contributed by atoms with Crippen molar-refractivity contribution in [2.75, 3.05) is 0 Å². The molecule has 1 nitrogen and oxygen atoms in total. The van der Waals surface area contributed by atoms with E-state index in [4.69, 9.17) is 26.3 Å². The standard InChI is InChI=1S/C42H26O/c1-2-11-28-24-30(21-20-27(28)10-1)29-12-9-13-31(25-29)41-35-15-3-5-17-37(35)42(38-18-6-4-16-36(38)41)32-22-23-34-33-14-7-8-19-39(33)43-40(34)26-32/h1-26H/i1D,2D,3D,4D,5D,6D,7D,8D,9D,10D,11D,12D,14D,19D,20D,22D,23D,25D,26D. The van der Waals surface area contributed by atoms with E-state index in [1.807, 2.05) is 0 Å². The monoisotopic (exact) mass is 565 g/mol. The molecule has 0 aliphatic rings. The van der Waals surface area contributed by atoms with Gasteiger partial charge in [-0.1, -0.05) is 127 Å². The Morgan fingerprint density at radius 3 is 1.79 bits per heavy atom. The Morgan fingerprint density at radius 1 is 0.372 bits per heavy atom. The van der Waals surface area contributed by atoms with Crippen LogP contribution in [-0.4, -0.2) is 0 Å². The maximum absolute atomic E-state index is 9.64. The van der Waals surface area contributed by atoms with Crippen molar-refractivity contribution < 1.29 is 30.5 Å². The Bertz CT molecular complexity index is 3510. The predicted molar refractivity (Wildman–Crippen MR) is 183 cm³/mol. The molecular weight excluding hydrogens is 520 g/mol. The summed E-state index contributed by atoms with van der Waals surface area (Å²) in [6.07, 6.45) is 0. The molecule has 0 N–H and O–H groups in total. The Morgan fingerprint density at radius 2 is 1.02 bits per heavy atom. The Kier molecular flexibility index (Phi) is 2.61. The lowest BCUT2D eigenvalue weighted by atomic mass is 9.85. The van der Waals surface area contributed by atoms with Crippen molar-refractivity contribution in [3.63, 3.8) is 0 Å². The van der Waals surface area contributed by atoms with Gasteiger partial charge in [0.1, 0.15) is 11.2 Å². The first-order valence-corrected chi connectivity index (χ1v) is 13.2. The van der Waals surface area contributed by atoms with Gasteiger partial charge >= 0.3 is 0 Å². The third-order valence-electron chi connectivity index (χ3n) is 7.45. The fourth-order valence-corrected chi connectivity index (χ4v) is 5.56. The van der Waals surface area contributed by atoms with Crippen molar-refractivity contribution in [2.24, 2.45) is 0 Å². The quantitative estimate of drug-likeness (QED) is 0.194. The summed E-state index contributed by atoms with van der Waals surface area (Å²) in [5.74, 6) is 0. The number of rotatable bonds is 3. The van der Waals surface area contributed by atoms with Gasteiger partial charge in [0.25, 0.3) is 0 Å². The summed E-state index contributed by atoms with van der Waals surface area (Å²) in [5.41, 5.74) is -1.02. The van der Waals surface area contributed by atoms with Gasteiger partial charge < -0.3 is 4.42 Å². The van der Waals surface area contributed by atoms with Crippen LogP contribution in [0.4, 0.5) is 0 Å². The van der Waals surface area contributed by atoms with Crippen molar-refractivity contribution in [2.45, 2.75) is 0 Å². The van der Waals surface area contributed by atoms with Crippen LogP contribution in [0.25, 0.3) is 87.6 Å². The van der Waals surface area contributed by atoms with Gasteiger partial charge in [-0.15, -0.1) is 0 Å². The molecule has 43 heavy (non-hydrogen) atoms. The van der Waals surface area contributed by atoms with Gasteiger partial charge in [-0.25, -0.2) is 0 Å². The molecule has 0 atom stereocenters. The number of furan rings is 1. The van der Waals surface area contributed by atoms with Crippen molar-refractivity contribution in [1.82, 2.24) is 0 Å². The van der Waals surface area contributed by atoms with E-state index in [0.717, 1.165) is 0 Å². The number of benzene rings is 8. The van der Waals surface area contributed by atoms with E-state index >= 15 is 0 Å². The molecule has 0 bridgehead atoms. The summed E-state index contributed by atoms with van der Waals surface area (Å²) >= 11 is 0. The highest BCUT2D eigenvalue weighted by Gasteiger charge is 2.18. The normalized spacial score (nSPS) is 17.9. The summed E-state index contributed by atoms with van der Waals surface area (Å²) in [4.78, 5) is 0. The molecule has 0 spiro atoms. The summed E-state index contributed by atoms with van der Waals surface area (Å²) < 4.78 is 172. The van der Waals surface area contributed by atoms with E-state index in [9.17, 15) is 4.11 Å². The average Bonchev–Trinajstić information content (AvgIpc) is 3.64. The zero-order valence-electron chi connectivity index (χ0n) is 40.9. The maximum Gasteiger partial charge on any atom is 0.136 e. The first-order chi connectivity index (χ1) is 29.2. The highest BCUT2D eigenvalue weighted by molar-refractivity contribution is 6.22. The highest BCUT2D eigenvalue weighted by Crippen LogP contribution is 2.45. The largest absolute Gasteiger partial charge is 0.456 e. The Hall–Kier alpha value is -5.66. The van der Waals surface area contributed by atoms with Gasteiger partial charge in [0.15, 0.2) is 0 Å². The molecule has 0 amide bonds. The van der Waals surface area contributed by atoms with Crippen LogP contribution < -0.4 is 0 Å². The smallest absolute Gasteiger partial charge is 0.136 e. The second-order valence-electron chi connectivity index (χ2n) is 9.82. The molecular formula is C42H26O. The minimum absolute atomic E-state index is 0.00337. The van der Waals surface area contributed by atoms with Crippen LogP contribution in [0.1, 0.15) is 26.0 Å². The van der Waals surface area contributed by atoms with Gasteiger partial charge in [-0.05, 0) is 95.9 Å². The molecule has 9 aromatic rings. The van der Waals surface area contributed by atoms with Crippen molar-refractivity contribution >= 4 is 54.3 Å². The van der Waals surface area contributed by atoms with Gasteiger partial charge in [0, 0.05) is 10.8 Å². The lowest BCUT2D eigenvalue weighted by molar-refractivity contribution is 0.669.